The molecule has 0 saturated heterocycles. The van der Waals surface area contributed by atoms with Crippen LogP contribution < -0.4 is 10.1 Å². The highest BCUT2D eigenvalue weighted by Gasteiger charge is 2.14. The van der Waals surface area contributed by atoms with Crippen LogP contribution in [0.1, 0.15) is 45.7 Å². The van der Waals surface area contributed by atoms with Crippen LogP contribution in [-0.4, -0.2) is 41.8 Å². The molecule has 2 N–H and O–H groups in total. The number of hydrogen-bond donors (Lipinski definition) is 2. The lowest BCUT2D eigenvalue weighted by Gasteiger charge is -2.22. The number of nitrogens with one attached hydrogen (secondary N) is 1. The van der Waals surface area contributed by atoms with Gasteiger partial charge in [0.2, 0.25) is 0 Å². The molecule has 0 aromatic heterocycles. The van der Waals surface area contributed by atoms with E-state index in [1.54, 1.807) is 18.9 Å². The summed E-state index contributed by atoms with van der Waals surface area (Å²) in [7, 11) is 1.72. The van der Waals surface area contributed by atoms with Crippen molar-refractivity contribution >= 4 is 6.03 Å². The van der Waals surface area contributed by atoms with Crippen molar-refractivity contribution in [3.05, 3.63) is 29.8 Å². The zero-order valence-corrected chi connectivity index (χ0v) is 14.2. The molecule has 5 nitrogen and oxygen atoms in total. The molecule has 0 heterocycles. The zero-order chi connectivity index (χ0) is 16.7. The summed E-state index contributed by atoms with van der Waals surface area (Å²) in [6, 6.07) is 7.48. The van der Waals surface area contributed by atoms with Crippen molar-refractivity contribution in [2.24, 2.45) is 0 Å². The van der Waals surface area contributed by atoms with E-state index in [0.29, 0.717) is 13.0 Å². The molecule has 0 aliphatic carbocycles. The van der Waals surface area contributed by atoms with Crippen LogP contribution in [0.25, 0.3) is 0 Å². The van der Waals surface area contributed by atoms with Gasteiger partial charge < -0.3 is 20.1 Å². The third-order valence-electron chi connectivity index (χ3n) is 3.30. The van der Waals surface area contributed by atoms with Crippen LogP contribution in [0.3, 0.4) is 0 Å². The molecule has 0 bridgehead atoms. The fourth-order valence-electron chi connectivity index (χ4n) is 1.99. The lowest BCUT2D eigenvalue weighted by atomic mass is 10.1. The minimum Gasteiger partial charge on any atom is -0.491 e. The van der Waals surface area contributed by atoms with Crippen LogP contribution in [0.5, 0.6) is 5.75 Å². The van der Waals surface area contributed by atoms with Crippen LogP contribution in [0.15, 0.2) is 24.3 Å². The second-order valence-electron chi connectivity index (χ2n) is 5.97. The van der Waals surface area contributed by atoms with Gasteiger partial charge in [0.25, 0.3) is 0 Å². The van der Waals surface area contributed by atoms with Crippen LogP contribution in [-0.2, 0) is 0 Å². The zero-order valence-electron chi connectivity index (χ0n) is 14.2. The fourth-order valence-corrected chi connectivity index (χ4v) is 1.99. The monoisotopic (exact) mass is 308 g/mol. The number of ether oxygens (including phenoxy) is 1. The molecule has 1 rings (SSSR count). The van der Waals surface area contributed by atoms with E-state index in [1.807, 2.05) is 45.0 Å². The molecule has 5 heteroatoms. The van der Waals surface area contributed by atoms with Gasteiger partial charge in [0.15, 0.2) is 0 Å². The number of rotatable bonds is 7. The highest BCUT2D eigenvalue weighted by Crippen LogP contribution is 2.20. The first-order chi connectivity index (χ1) is 10.3. The van der Waals surface area contributed by atoms with E-state index < -0.39 is 6.10 Å². The van der Waals surface area contributed by atoms with Crippen molar-refractivity contribution in [3.63, 3.8) is 0 Å². The predicted molar refractivity (Wildman–Crippen MR) is 88.1 cm³/mol. The topological polar surface area (TPSA) is 61.8 Å². The van der Waals surface area contributed by atoms with Crippen LogP contribution in [0.4, 0.5) is 4.79 Å². The van der Waals surface area contributed by atoms with Crippen LogP contribution in [0.2, 0.25) is 0 Å². The first kappa shape index (κ1) is 18.3. The second kappa shape index (κ2) is 8.63. The molecule has 2 unspecified atom stereocenters. The molecule has 2 atom stereocenters. The minimum atomic E-state index is -0.405. The molecule has 0 saturated carbocycles. The van der Waals surface area contributed by atoms with Crippen molar-refractivity contribution in [3.8, 4) is 5.75 Å². The number of hydrogen-bond acceptors (Lipinski definition) is 3. The van der Waals surface area contributed by atoms with Crippen LogP contribution in [0, 0.1) is 0 Å². The maximum Gasteiger partial charge on any atom is 0.317 e. The molecular weight excluding hydrogens is 280 g/mol. The fraction of sp³-hybridized carbons (Fsp3) is 0.588. The Morgan fingerprint density at radius 3 is 2.59 bits per heavy atom. The van der Waals surface area contributed by atoms with Crippen LogP contribution >= 0.6 is 0 Å². The molecule has 0 aliphatic rings. The number of nitrogens with zero attached hydrogens (tertiary/aromatic N) is 1. The van der Waals surface area contributed by atoms with Gasteiger partial charge >= 0.3 is 6.03 Å². The van der Waals surface area contributed by atoms with E-state index in [4.69, 9.17) is 4.74 Å². The number of amides is 2. The lowest BCUT2D eigenvalue weighted by molar-refractivity contribution is 0.162. The highest BCUT2D eigenvalue weighted by atomic mass is 16.5. The molecule has 1 aromatic rings. The molecule has 1 aromatic carbocycles. The molecule has 0 fully saturated rings. The number of urea groups is 1. The van der Waals surface area contributed by atoms with E-state index in [1.165, 1.54) is 0 Å². The van der Waals surface area contributed by atoms with Gasteiger partial charge in [-0.05, 0) is 51.8 Å². The minimum absolute atomic E-state index is 0.114. The SMILES string of the molecule is CC(O)CCN(C)C(=O)NC(C)c1cccc(OC(C)C)c1. The summed E-state index contributed by atoms with van der Waals surface area (Å²) in [4.78, 5) is 13.7. The Balaban J connectivity index is 2.60. The summed E-state index contributed by atoms with van der Waals surface area (Å²) >= 11 is 0. The van der Waals surface area contributed by atoms with Crippen molar-refractivity contribution in [1.29, 1.82) is 0 Å². The Hall–Kier alpha value is -1.75. The van der Waals surface area contributed by atoms with Gasteiger partial charge in [0, 0.05) is 13.6 Å². The largest absolute Gasteiger partial charge is 0.491 e. The number of aliphatic hydroxyl groups excluding tert-OH is 1. The number of carbonyl (C=O) groups is 1. The van der Waals surface area contributed by atoms with Gasteiger partial charge in [-0.3, -0.25) is 0 Å². The van der Waals surface area contributed by atoms with Gasteiger partial charge in [-0.25, -0.2) is 4.79 Å². The Labute approximate surface area is 133 Å². The summed E-state index contributed by atoms with van der Waals surface area (Å²) in [5.41, 5.74) is 0.996. The predicted octanol–water partition coefficient (Wildman–Crippen LogP) is 2.95. The first-order valence-corrected chi connectivity index (χ1v) is 7.76. The van der Waals surface area contributed by atoms with E-state index in [2.05, 4.69) is 5.32 Å². The van der Waals surface area contributed by atoms with Gasteiger partial charge in [-0.1, -0.05) is 12.1 Å². The summed E-state index contributed by atoms with van der Waals surface area (Å²) in [5.74, 6) is 0.802. The summed E-state index contributed by atoms with van der Waals surface area (Å²) < 4.78 is 5.67. The average Bonchev–Trinajstić information content (AvgIpc) is 2.44. The third kappa shape index (κ3) is 6.35. The number of benzene rings is 1. The Bertz CT molecular complexity index is 475. The van der Waals surface area contributed by atoms with Crippen molar-refractivity contribution in [2.75, 3.05) is 13.6 Å². The van der Waals surface area contributed by atoms with E-state index in [9.17, 15) is 9.90 Å². The Morgan fingerprint density at radius 1 is 1.32 bits per heavy atom. The number of carbonyl (C=O) groups excluding carboxylic acids is 1. The van der Waals surface area contributed by atoms with E-state index in [0.717, 1.165) is 11.3 Å². The summed E-state index contributed by atoms with van der Waals surface area (Å²) in [6.07, 6.45) is 0.278. The molecular formula is C17H28N2O3. The van der Waals surface area contributed by atoms with Gasteiger partial charge in [-0.2, -0.15) is 0 Å². The normalized spacial score (nSPS) is 13.6. The molecule has 0 spiro atoms. The smallest absolute Gasteiger partial charge is 0.317 e. The quantitative estimate of drug-likeness (QED) is 0.814. The maximum atomic E-state index is 12.1. The summed E-state index contributed by atoms with van der Waals surface area (Å²) in [5, 5.41) is 12.2. The average molecular weight is 308 g/mol. The van der Waals surface area contributed by atoms with Gasteiger partial charge in [-0.15, -0.1) is 0 Å². The molecule has 0 radical (unpaired) electrons. The maximum absolute atomic E-state index is 12.1. The Morgan fingerprint density at radius 2 is 2.00 bits per heavy atom. The van der Waals surface area contributed by atoms with E-state index >= 15 is 0 Å². The summed E-state index contributed by atoms with van der Waals surface area (Å²) in [6.45, 7) is 8.14. The van der Waals surface area contributed by atoms with Crippen molar-refractivity contribution < 1.29 is 14.6 Å². The van der Waals surface area contributed by atoms with Gasteiger partial charge in [0.05, 0.1) is 18.2 Å². The van der Waals surface area contributed by atoms with Crippen molar-refractivity contribution in [1.82, 2.24) is 10.2 Å². The van der Waals surface area contributed by atoms with E-state index in [-0.39, 0.29) is 18.2 Å². The third-order valence-corrected chi connectivity index (χ3v) is 3.30. The molecule has 0 aliphatic heterocycles. The standard InChI is InChI=1S/C17H28N2O3/c1-12(2)22-16-8-6-7-15(11-16)14(4)18-17(21)19(5)10-9-13(3)20/h6-8,11-14,20H,9-10H2,1-5H3,(H,18,21). The molecule has 2 amide bonds. The van der Waals surface area contributed by atoms with Gasteiger partial charge in [0.1, 0.15) is 5.75 Å². The second-order valence-corrected chi connectivity index (χ2v) is 5.97. The molecule has 22 heavy (non-hydrogen) atoms. The highest BCUT2D eigenvalue weighted by molar-refractivity contribution is 5.74. The Kier molecular flexibility index (Phi) is 7.18. The van der Waals surface area contributed by atoms with Crippen molar-refractivity contribution in [2.45, 2.75) is 52.4 Å². The first-order valence-electron chi connectivity index (χ1n) is 7.76. The number of aliphatic hydroxyl groups is 1. The molecule has 124 valence electrons. The lowest BCUT2D eigenvalue weighted by Crippen LogP contribution is -2.39.